The number of piperidine rings is 1. The van der Waals surface area contributed by atoms with Gasteiger partial charge in [-0.3, -0.25) is 4.79 Å². The molecule has 9 heteroatoms. The van der Waals surface area contributed by atoms with E-state index in [0.29, 0.717) is 24.6 Å². The van der Waals surface area contributed by atoms with Gasteiger partial charge < -0.3 is 24.4 Å². The van der Waals surface area contributed by atoms with E-state index in [9.17, 15) is 4.79 Å². The van der Waals surface area contributed by atoms with E-state index < -0.39 is 0 Å². The summed E-state index contributed by atoms with van der Waals surface area (Å²) in [5, 5.41) is 12.7. The van der Waals surface area contributed by atoms with Gasteiger partial charge in [0.05, 0.1) is 27.2 Å². The highest BCUT2D eigenvalue weighted by Gasteiger charge is 2.26. The number of aromatic nitrogens is 2. The van der Waals surface area contributed by atoms with Crippen LogP contribution in [-0.2, 0) is 11.3 Å². The Labute approximate surface area is 210 Å². The van der Waals surface area contributed by atoms with Gasteiger partial charge in [0.1, 0.15) is 10.8 Å². The van der Waals surface area contributed by atoms with Gasteiger partial charge in [0.2, 0.25) is 5.91 Å². The molecule has 2 heterocycles. The van der Waals surface area contributed by atoms with Gasteiger partial charge in [0.15, 0.2) is 17.3 Å². The molecule has 0 bridgehead atoms. The van der Waals surface area contributed by atoms with Crippen molar-refractivity contribution in [3.63, 3.8) is 0 Å². The van der Waals surface area contributed by atoms with Crippen molar-refractivity contribution in [2.75, 3.05) is 39.3 Å². The molecule has 1 atom stereocenters. The Morgan fingerprint density at radius 2 is 1.89 bits per heavy atom. The number of carbonyl (C=O) groups is 1. The highest BCUT2D eigenvalue weighted by Crippen LogP contribution is 2.30. The third kappa shape index (κ3) is 6.36. The minimum absolute atomic E-state index is 0.0441. The number of carbonyl (C=O) groups excluding carboxylic acids is 1. The Morgan fingerprint density at radius 1 is 1.03 bits per heavy atom. The van der Waals surface area contributed by atoms with Gasteiger partial charge in [0, 0.05) is 24.5 Å². The van der Waals surface area contributed by atoms with E-state index in [1.165, 1.54) is 11.8 Å². The van der Waals surface area contributed by atoms with Crippen LogP contribution in [-0.4, -0.2) is 50.5 Å². The van der Waals surface area contributed by atoms with Crippen LogP contribution in [0.5, 0.6) is 17.2 Å². The fraction of sp³-hybridized carbons (Fsp3) is 0.346. The maximum Gasteiger partial charge on any atom is 0.225 e. The Bertz CT molecular complexity index is 1140. The SMILES string of the molecule is COc1cccc(Sc2ccc(N3CCC[C@@H](C(=O)NCc4ccc(OC)c(OC)c4)C3)nn2)c1. The lowest BCUT2D eigenvalue weighted by atomic mass is 9.97. The fourth-order valence-corrected chi connectivity index (χ4v) is 4.83. The van der Waals surface area contributed by atoms with E-state index in [1.54, 1.807) is 21.3 Å². The van der Waals surface area contributed by atoms with Crippen LogP contribution in [0.2, 0.25) is 0 Å². The summed E-state index contributed by atoms with van der Waals surface area (Å²) < 4.78 is 15.9. The highest BCUT2D eigenvalue weighted by atomic mass is 32.2. The lowest BCUT2D eigenvalue weighted by Gasteiger charge is -2.32. The summed E-state index contributed by atoms with van der Waals surface area (Å²) in [6.45, 7) is 1.91. The van der Waals surface area contributed by atoms with Gasteiger partial charge in [-0.1, -0.05) is 23.9 Å². The van der Waals surface area contributed by atoms with Crippen molar-refractivity contribution < 1.29 is 19.0 Å². The first kappa shape index (κ1) is 24.7. The van der Waals surface area contributed by atoms with Crippen LogP contribution in [0.4, 0.5) is 5.82 Å². The van der Waals surface area contributed by atoms with Gasteiger partial charge in [-0.15, -0.1) is 10.2 Å². The van der Waals surface area contributed by atoms with Gasteiger partial charge in [0.25, 0.3) is 0 Å². The van der Waals surface area contributed by atoms with Crippen molar-refractivity contribution >= 4 is 23.5 Å². The zero-order chi connectivity index (χ0) is 24.6. The predicted octanol–water partition coefficient (Wildman–Crippen LogP) is 4.19. The number of anilines is 1. The third-order valence-electron chi connectivity index (χ3n) is 5.92. The Balaban J connectivity index is 1.33. The van der Waals surface area contributed by atoms with Crippen molar-refractivity contribution in [3.8, 4) is 17.2 Å². The number of benzene rings is 2. The van der Waals surface area contributed by atoms with Crippen molar-refractivity contribution in [3.05, 3.63) is 60.2 Å². The lowest BCUT2D eigenvalue weighted by molar-refractivity contribution is -0.125. The molecule has 0 unspecified atom stereocenters. The normalized spacial score (nSPS) is 15.4. The first-order valence-corrected chi connectivity index (χ1v) is 12.3. The number of methoxy groups -OCH3 is 3. The van der Waals surface area contributed by atoms with Gasteiger partial charge in [-0.25, -0.2) is 0 Å². The molecule has 0 saturated carbocycles. The van der Waals surface area contributed by atoms with E-state index in [4.69, 9.17) is 14.2 Å². The molecule has 0 aliphatic carbocycles. The first-order valence-electron chi connectivity index (χ1n) is 11.5. The monoisotopic (exact) mass is 494 g/mol. The summed E-state index contributed by atoms with van der Waals surface area (Å²) in [5.74, 6) is 2.86. The number of hydrogen-bond donors (Lipinski definition) is 1. The van der Waals surface area contributed by atoms with Crippen LogP contribution in [0.25, 0.3) is 0 Å². The first-order chi connectivity index (χ1) is 17.1. The summed E-state index contributed by atoms with van der Waals surface area (Å²) in [7, 11) is 4.86. The minimum atomic E-state index is -0.100. The minimum Gasteiger partial charge on any atom is -0.497 e. The molecule has 0 radical (unpaired) electrons. The smallest absolute Gasteiger partial charge is 0.225 e. The molecule has 35 heavy (non-hydrogen) atoms. The molecular weight excluding hydrogens is 464 g/mol. The number of nitrogens with zero attached hydrogens (tertiary/aromatic N) is 3. The number of amides is 1. The molecule has 2 aromatic carbocycles. The zero-order valence-electron chi connectivity index (χ0n) is 20.2. The molecule has 1 aliphatic rings. The van der Waals surface area contributed by atoms with Gasteiger partial charge >= 0.3 is 0 Å². The Morgan fingerprint density at radius 3 is 2.63 bits per heavy atom. The number of hydrogen-bond acceptors (Lipinski definition) is 8. The van der Waals surface area contributed by atoms with E-state index in [2.05, 4.69) is 20.4 Å². The van der Waals surface area contributed by atoms with E-state index in [-0.39, 0.29) is 11.8 Å². The lowest BCUT2D eigenvalue weighted by Crippen LogP contribution is -2.43. The average molecular weight is 495 g/mol. The van der Waals surface area contributed by atoms with Gasteiger partial charge in [-0.2, -0.15) is 0 Å². The quantitative estimate of drug-likeness (QED) is 0.474. The largest absolute Gasteiger partial charge is 0.497 e. The standard InChI is InChI=1S/C26H30N4O4S/c1-32-20-7-4-8-21(15-20)35-25-12-11-24(28-29-25)30-13-5-6-19(17-30)26(31)27-16-18-9-10-22(33-2)23(14-18)34-3/h4,7-12,14-15,19H,5-6,13,16-17H2,1-3H3,(H,27,31)/t19-/m1/s1. The summed E-state index contributed by atoms with van der Waals surface area (Å²) in [6.07, 6.45) is 1.78. The maximum atomic E-state index is 12.9. The average Bonchev–Trinajstić information content (AvgIpc) is 2.92. The molecule has 1 N–H and O–H groups in total. The van der Waals surface area contributed by atoms with E-state index >= 15 is 0 Å². The molecule has 1 saturated heterocycles. The summed E-state index contributed by atoms with van der Waals surface area (Å²) in [5.41, 5.74) is 0.957. The second kappa shape index (κ2) is 11.8. The van der Waals surface area contributed by atoms with Gasteiger partial charge in [-0.05, 0) is 60.9 Å². The molecule has 3 aromatic rings. The van der Waals surface area contributed by atoms with Crippen molar-refractivity contribution in [1.82, 2.24) is 15.5 Å². The molecular formula is C26H30N4O4S. The van der Waals surface area contributed by atoms with Crippen LogP contribution in [0.1, 0.15) is 18.4 Å². The van der Waals surface area contributed by atoms with Crippen LogP contribution in [0, 0.1) is 5.92 Å². The second-order valence-corrected chi connectivity index (χ2v) is 9.30. The maximum absolute atomic E-state index is 12.9. The molecule has 1 amide bonds. The van der Waals surface area contributed by atoms with Crippen molar-refractivity contribution in [1.29, 1.82) is 0 Å². The van der Waals surface area contributed by atoms with Crippen LogP contribution in [0.15, 0.2) is 64.5 Å². The fourth-order valence-electron chi connectivity index (χ4n) is 4.04. The summed E-state index contributed by atoms with van der Waals surface area (Å²) in [4.78, 5) is 16.1. The van der Waals surface area contributed by atoms with Crippen molar-refractivity contribution in [2.24, 2.45) is 5.92 Å². The molecule has 1 aliphatic heterocycles. The molecule has 8 nitrogen and oxygen atoms in total. The summed E-state index contributed by atoms with van der Waals surface area (Å²) >= 11 is 1.53. The molecule has 1 aromatic heterocycles. The number of nitrogens with one attached hydrogen (secondary N) is 1. The van der Waals surface area contributed by atoms with Crippen LogP contribution < -0.4 is 24.4 Å². The number of ether oxygens (including phenoxy) is 3. The Kier molecular flexibility index (Phi) is 8.31. The molecule has 184 valence electrons. The van der Waals surface area contributed by atoms with Crippen LogP contribution in [0.3, 0.4) is 0 Å². The molecule has 0 spiro atoms. The zero-order valence-corrected chi connectivity index (χ0v) is 21.0. The van der Waals surface area contributed by atoms with E-state index in [1.807, 2.05) is 54.6 Å². The van der Waals surface area contributed by atoms with Crippen molar-refractivity contribution in [2.45, 2.75) is 29.3 Å². The van der Waals surface area contributed by atoms with Crippen LogP contribution >= 0.6 is 11.8 Å². The topological polar surface area (TPSA) is 85.8 Å². The molecule has 1 fully saturated rings. The highest BCUT2D eigenvalue weighted by molar-refractivity contribution is 7.99. The third-order valence-corrected chi connectivity index (χ3v) is 6.84. The van der Waals surface area contributed by atoms with E-state index in [0.717, 1.165) is 46.4 Å². The predicted molar refractivity (Wildman–Crippen MR) is 135 cm³/mol. The summed E-state index contributed by atoms with van der Waals surface area (Å²) in [6, 6.07) is 17.4. The number of rotatable bonds is 9. The Hall–Kier alpha value is -3.46. The second-order valence-electron chi connectivity index (χ2n) is 8.20. The molecule has 4 rings (SSSR count).